The maximum Gasteiger partial charge on any atom is 0.254 e. The minimum absolute atomic E-state index is 0.0302. The van der Waals surface area contributed by atoms with Crippen LogP contribution >= 0.6 is 0 Å². The van der Waals surface area contributed by atoms with Gasteiger partial charge in [-0.15, -0.1) is 0 Å². The molecule has 2 aliphatic rings. The van der Waals surface area contributed by atoms with Gasteiger partial charge in [-0.3, -0.25) is 9.69 Å². The van der Waals surface area contributed by atoms with Crippen LogP contribution in [0.25, 0.3) is 5.78 Å². The van der Waals surface area contributed by atoms with Crippen molar-refractivity contribution in [1.29, 1.82) is 0 Å². The normalized spacial score (nSPS) is 22.8. The molecule has 0 unspecified atom stereocenters. The fraction of sp³-hybridized carbons (Fsp3) is 0.647. The lowest BCUT2D eigenvalue weighted by molar-refractivity contribution is -0.157. The quantitative estimate of drug-likeness (QED) is 0.815. The summed E-state index contributed by atoms with van der Waals surface area (Å²) < 4.78 is 7.91. The van der Waals surface area contributed by atoms with Crippen molar-refractivity contribution in [3.05, 3.63) is 18.1 Å². The van der Waals surface area contributed by atoms with Gasteiger partial charge in [0.2, 0.25) is 5.91 Å². The molecule has 2 aliphatic heterocycles. The summed E-state index contributed by atoms with van der Waals surface area (Å²) in [4.78, 5) is 25.2. The number of likely N-dealkylation sites (N-methyl/N-ethyl adjacent to an activating group) is 1. The van der Waals surface area contributed by atoms with Crippen LogP contribution < -0.4 is 10.2 Å². The third kappa shape index (κ3) is 2.90. The third-order valence-electron chi connectivity index (χ3n) is 4.99. The van der Waals surface area contributed by atoms with E-state index in [2.05, 4.69) is 30.2 Å². The molecule has 4 heterocycles. The fourth-order valence-electron chi connectivity index (χ4n) is 3.79. The van der Waals surface area contributed by atoms with E-state index in [0.717, 1.165) is 31.1 Å². The summed E-state index contributed by atoms with van der Waals surface area (Å²) in [6.45, 7) is 8.54. The third-order valence-corrected chi connectivity index (χ3v) is 4.99. The number of hydrogen-bond donors (Lipinski definition) is 1. The lowest BCUT2D eigenvalue weighted by Gasteiger charge is -2.55. The summed E-state index contributed by atoms with van der Waals surface area (Å²) >= 11 is 0. The first kappa shape index (κ1) is 17.2. The molecule has 4 rings (SSSR count). The van der Waals surface area contributed by atoms with Gasteiger partial charge in [0.25, 0.3) is 5.78 Å². The molecule has 2 fully saturated rings. The highest BCUT2D eigenvalue weighted by atomic mass is 16.5. The first-order chi connectivity index (χ1) is 12.4. The number of amides is 1. The van der Waals surface area contributed by atoms with E-state index in [1.54, 1.807) is 4.52 Å². The van der Waals surface area contributed by atoms with Crippen molar-refractivity contribution in [3.8, 4) is 0 Å². The van der Waals surface area contributed by atoms with Crippen molar-refractivity contribution in [2.24, 2.45) is 0 Å². The van der Waals surface area contributed by atoms with Crippen LogP contribution in [-0.4, -0.2) is 81.4 Å². The molecule has 2 aromatic heterocycles. The Kier molecular flexibility index (Phi) is 4.07. The van der Waals surface area contributed by atoms with Crippen molar-refractivity contribution >= 4 is 17.5 Å². The Labute approximate surface area is 152 Å². The summed E-state index contributed by atoms with van der Waals surface area (Å²) in [6, 6.07) is 1.91. The largest absolute Gasteiger partial charge is 0.368 e. The number of ether oxygens (including phenoxy) is 1. The van der Waals surface area contributed by atoms with E-state index in [-0.39, 0.29) is 23.6 Å². The van der Waals surface area contributed by atoms with E-state index in [9.17, 15) is 4.79 Å². The number of nitrogens with one attached hydrogen (secondary N) is 1. The van der Waals surface area contributed by atoms with E-state index >= 15 is 0 Å². The number of anilines is 1. The highest BCUT2D eigenvalue weighted by Crippen LogP contribution is 2.34. The maximum atomic E-state index is 12.3. The minimum Gasteiger partial charge on any atom is -0.368 e. The number of fused-ring (bicyclic) bond motifs is 1. The molecule has 0 bridgehead atoms. The summed E-state index contributed by atoms with van der Waals surface area (Å²) in [7, 11) is 1.99. The van der Waals surface area contributed by atoms with Gasteiger partial charge >= 0.3 is 0 Å². The standard InChI is InChI=1S/C17H25N7O2/c1-11(2)20-15(25)13-6-26-17(7-22(13)4)8-23(9-17)14-5-12(3)21-16-18-10-19-24(14)16/h5,10-11,13H,6-9H2,1-4H3,(H,20,25)/t13-/m1/s1. The molecular formula is C17H25N7O2. The number of morpholine rings is 1. The Morgan fingerprint density at radius 3 is 2.85 bits per heavy atom. The highest BCUT2D eigenvalue weighted by Gasteiger charge is 2.50. The van der Waals surface area contributed by atoms with E-state index < -0.39 is 0 Å². The first-order valence-electron chi connectivity index (χ1n) is 8.94. The molecule has 26 heavy (non-hydrogen) atoms. The van der Waals surface area contributed by atoms with Crippen LogP contribution in [0.1, 0.15) is 19.5 Å². The highest BCUT2D eigenvalue weighted by molar-refractivity contribution is 5.82. The van der Waals surface area contributed by atoms with E-state index in [4.69, 9.17) is 4.74 Å². The molecule has 2 aromatic rings. The molecule has 2 saturated heterocycles. The predicted octanol–water partition coefficient (Wildman–Crippen LogP) is -0.153. The number of aryl methyl sites for hydroxylation is 1. The molecule has 1 amide bonds. The van der Waals surface area contributed by atoms with Gasteiger partial charge in [0, 0.05) is 24.3 Å². The number of rotatable bonds is 3. The second-order valence-corrected chi connectivity index (χ2v) is 7.67. The second kappa shape index (κ2) is 6.17. The summed E-state index contributed by atoms with van der Waals surface area (Å²) in [5.74, 6) is 1.61. The van der Waals surface area contributed by atoms with Crippen LogP contribution in [0.4, 0.5) is 5.82 Å². The maximum absolute atomic E-state index is 12.3. The molecule has 0 aromatic carbocycles. The molecule has 9 nitrogen and oxygen atoms in total. The van der Waals surface area contributed by atoms with Gasteiger partial charge in [-0.05, 0) is 27.8 Å². The van der Waals surface area contributed by atoms with E-state index in [1.165, 1.54) is 6.33 Å². The van der Waals surface area contributed by atoms with Gasteiger partial charge in [0.05, 0.1) is 19.7 Å². The van der Waals surface area contributed by atoms with Crippen LogP contribution in [0.3, 0.4) is 0 Å². The Hall–Kier alpha value is -2.26. The Morgan fingerprint density at radius 1 is 1.38 bits per heavy atom. The molecular weight excluding hydrogens is 334 g/mol. The second-order valence-electron chi connectivity index (χ2n) is 7.67. The molecule has 1 atom stereocenters. The van der Waals surface area contributed by atoms with Gasteiger partial charge < -0.3 is 15.0 Å². The SMILES string of the molecule is Cc1cc(N2CC3(C2)CN(C)[C@@H](C(=O)NC(C)C)CO3)n2ncnc2n1. The predicted molar refractivity (Wildman–Crippen MR) is 96.1 cm³/mol. The fourth-order valence-corrected chi connectivity index (χ4v) is 3.79. The molecule has 0 aliphatic carbocycles. The summed E-state index contributed by atoms with van der Waals surface area (Å²) in [5.41, 5.74) is 0.668. The van der Waals surface area contributed by atoms with Crippen LogP contribution in [0.2, 0.25) is 0 Å². The van der Waals surface area contributed by atoms with Gasteiger partial charge in [-0.2, -0.15) is 14.6 Å². The van der Waals surface area contributed by atoms with Crippen LogP contribution in [0.15, 0.2) is 12.4 Å². The van der Waals surface area contributed by atoms with Crippen molar-refractivity contribution in [2.75, 3.05) is 38.2 Å². The molecule has 1 N–H and O–H groups in total. The number of nitrogens with zero attached hydrogens (tertiary/aromatic N) is 6. The molecule has 0 saturated carbocycles. The lowest BCUT2D eigenvalue weighted by atomic mass is 9.90. The molecule has 140 valence electrons. The molecule has 9 heteroatoms. The Bertz CT molecular complexity index is 828. The van der Waals surface area contributed by atoms with E-state index in [0.29, 0.717) is 12.4 Å². The molecule has 0 radical (unpaired) electrons. The van der Waals surface area contributed by atoms with Gasteiger partial charge in [-0.25, -0.2) is 4.98 Å². The summed E-state index contributed by atoms with van der Waals surface area (Å²) in [5, 5.41) is 7.24. The van der Waals surface area contributed by atoms with Crippen LogP contribution in [0.5, 0.6) is 0 Å². The van der Waals surface area contributed by atoms with Crippen molar-refractivity contribution < 1.29 is 9.53 Å². The van der Waals surface area contributed by atoms with Crippen molar-refractivity contribution in [2.45, 2.75) is 38.5 Å². The van der Waals surface area contributed by atoms with Crippen LogP contribution in [0, 0.1) is 6.92 Å². The number of hydrogen-bond acceptors (Lipinski definition) is 7. The molecule has 1 spiro atoms. The zero-order valence-electron chi connectivity index (χ0n) is 15.6. The van der Waals surface area contributed by atoms with Crippen molar-refractivity contribution in [3.63, 3.8) is 0 Å². The first-order valence-corrected chi connectivity index (χ1v) is 8.94. The zero-order valence-corrected chi connectivity index (χ0v) is 15.6. The number of carbonyl (C=O) groups excluding carboxylic acids is 1. The number of aromatic nitrogens is 4. The van der Waals surface area contributed by atoms with Gasteiger partial charge in [-0.1, -0.05) is 0 Å². The van der Waals surface area contributed by atoms with Gasteiger partial charge in [0.15, 0.2) is 0 Å². The zero-order chi connectivity index (χ0) is 18.5. The Balaban J connectivity index is 1.44. The average Bonchev–Trinajstić information content (AvgIpc) is 2.99. The Morgan fingerprint density at radius 2 is 2.15 bits per heavy atom. The van der Waals surface area contributed by atoms with E-state index in [1.807, 2.05) is 33.9 Å². The minimum atomic E-state index is -0.243. The average molecular weight is 359 g/mol. The smallest absolute Gasteiger partial charge is 0.254 e. The monoisotopic (exact) mass is 359 g/mol. The van der Waals surface area contributed by atoms with Crippen molar-refractivity contribution in [1.82, 2.24) is 29.8 Å². The van der Waals surface area contributed by atoms with Crippen LogP contribution in [-0.2, 0) is 9.53 Å². The topological polar surface area (TPSA) is 87.9 Å². The summed E-state index contributed by atoms with van der Waals surface area (Å²) in [6.07, 6.45) is 1.52. The number of carbonyl (C=O) groups is 1. The lowest BCUT2D eigenvalue weighted by Crippen LogP contribution is -2.73. The van der Waals surface area contributed by atoms with Gasteiger partial charge in [0.1, 0.15) is 23.8 Å².